The lowest BCUT2D eigenvalue weighted by atomic mass is 10.0. The average Bonchev–Trinajstić information content (AvgIpc) is 2.68. The van der Waals surface area contributed by atoms with Crippen LogP contribution in [0.4, 0.5) is 16.2 Å². The Morgan fingerprint density at radius 2 is 1.41 bits per heavy atom. The maximum atomic E-state index is 12.9. The Morgan fingerprint density at radius 1 is 0.889 bits per heavy atom. The molecule has 0 spiro atoms. The molecule has 1 aliphatic rings. The Labute approximate surface area is 163 Å². The molecule has 2 amide bonds. The second-order valence-electron chi connectivity index (χ2n) is 7.30. The molecule has 1 N–H and O–H groups in total. The number of amides is 2. The Hall–Kier alpha value is -2.49. The predicted molar refractivity (Wildman–Crippen MR) is 114 cm³/mol. The SMILES string of the molecule is CCc1cccc(CC)c1NC(=O)N1CCN(c2c(C)cccc2C)CC1. The topological polar surface area (TPSA) is 35.6 Å². The van der Waals surface area contributed by atoms with Gasteiger partial charge >= 0.3 is 6.03 Å². The molecule has 0 saturated carbocycles. The van der Waals surface area contributed by atoms with Crippen LogP contribution >= 0.6 is 0 Å². The van der Waals surface area contributed by atoms with Crippen molar-refractivity contribution in [2.75, 3.05) is 36.4 Å². The number of para-hydroxylation sites is 2. The van der Waals surface area contributed by atoms with Gasteiger partial charge in [0.25, 0.3) is 0 Å². The molecule has 1 fully saturated rings. The van der Waals surface area contributed by atoms with Gasteiger partial charge in [-0.2, -0.15) is 0 Å². The number of aryl methyl sites for hydroxylation is 4. The number of nitrogens with one attached hydrogen (secondary N) is 1. The van der Waals surface area contributed by atoms with Crippen LogP contribution < -0.4 is 10.2 Å². The van der Waals surface area contributed by atoms with E-state index >= 15 is 0 Å². The van der Waals surface area contributed by atoms with E-state index in [0.29, 0.717) is 0 Å². The molecule has 144 valence electrons. The maximum absolute atomic E-state index is 12.9. The van der Waals surface area contributed by atoms with Crippen LogP contribution in [0, 0.1) is 13.8 Å². The van der Waals surface area contributed by atoms with Crippen molar-refractivity contribution in [1.29, 1.82) is 0 Å². The van der Waals surface area contributed by atoms with Crippen molar-refractivity contribution < 1.29 is 4.79 Å². The molecule has 0 atom stereocenters. The highest BCUT2D eigenvalue weighted by Gasteiger charge is 2.23. The third-order valence-corrected chi connectivity index (χ3v) is 5.55. The van der Waals surface area contributed by atoms with Gasteiger partial charge in [-0.3, -0.25) is 0 Å². The minimum atomic E-state index is 0.0201. The van der Waals surface area contributed by atoms with Gasteiger partial charge < -0.3 is 15.1 Å². The van der Waals surface area contributed by atoms with Gasteiger partial charge in [-0.25, -0.2) is 4.79 Å². The van der Waals surface area contributed by atoms with Crippen molar-refractivity contribution in [3.63, 3.8) is 0 Å². The van der Waals surface area contributed by atoms with Crippen LogP contribution in [0.15, 0.2) is 36.4 Å². The third-order valence-electron chi connectivity index (χ3n) is 5.55. The smallest absolute Gasteiger partial charge is 0.321 e. The second-order valence-corrected chi connectivity index (χ2v) is 7.30. The summed E-state index contributed by atoms with van der Waals surface area (Å²) in [6, 6.07) is 12.7. The number of rotatable bonds is 4. The van der Waals surface area contributed by atoms with Crippen LogP contribution in [-0.4, -0.2) is 37.1 Å². The van der Waals surface area contributed by atoms with Crippen molar-refractivity contribution in [1.82, 2.24) is 4.90 Å². The minimum absolute atomic E-state index is 0.0201. The van der Waals surface area contributed by atoms with E-state index in [0.717, 1.165) is 44.7 Å². The van der Waals surface area contributed by atoms with E-state index in [-0.39, 0.29) is 6.03 Å². The Balaban J connectivity index is 1.68. The number of carbonyl (C=O) groups is 1. The van der Waals surface area contributed by atoms with E-state index in [1.54, 1.807) is 0 Å². The summed E-state index contributed by atoms with van der Waals surface area (Å²) in [5.41, 5.74) is 7.34. The van der Waals surface area contributed by atoms with Crippen LogP contribution in [0.1, 0.15) is 36.1 Å². The van der Waals surface area contributed by atoms with Crippen LogP contribution in [0.25, 0.3) is 0 Å². The zero-order valence-electron chi connectivity index (χ0n) is 17.0. The van der Waals surface area contributed by atoms with Gasteiger partial charge in [0.2, 0.25) is 0 Å². The molecular formula is C23H31N3O. The maximum Gasteiger partial charge on any atom is 0.321 e. The van der Waals surface area contributed by atoms with Gasteiger partial charge in [-0.05, 0) is 48.9 Å². The lowest BCUT2D eigenvalue weighted by Crippen LogP contribution is -2.50. The van der Waals surface area contributed by atoms with Gasteiger partial charge in [0.1, 0.15) is 0 Å². The molecule has 1 aliphatic heterocycles. The molecule has 0 bridgehead atoms. The second kappa shape index (κ2) is 8.47. The zero-order chi connectivity index (χ0) is 19.4. The van der Waals surface area contributed by atoms with E-state index in [4.69, 9.17) is 0 Å². The quantitative estimate of drug-likeness (QED) is 0.846. The molecular weight excluding hydrogens is 334 g/mol. The van der Waals surface area contributed by atoms with E-state index in [1.807, 2.05) is 4.90 Å². The number of nitrogens with zero attached hydrogens (tertiary/aromatic N) is 2. The molecule has 0 aromatic heterocycles. The highest BCUT2D eigenvalue weighted by atomic mass is 16.2. The van der Waals surface area contributed by atoms with E-state index in [9.17, 15) is 4.79 Å². The monoisotopic (exact) mass is 365 g/mol. The molecule has 2 aromatic rings. The standard InChI is InChI=1S/C23H31N3O/c1-5-19-11-8-12-20(6-2)21(19)24-23(27)26-15-13-25(14-16-26)22-17(3)9-7-10-18(22)4/h7-12H,5-6,13-16H2,1-4H3,(H,24,27). The van der Waals surface area contributed by atoms with Crippen LogP contribution in [0.2, 0.25) is 0 Å². The first kappa shape index (κ1) is 19.3. The van der Waals surface area contributed by atoms with Crippen molar-refractivity contribution in [3.8, 4) is 0 Å². The summed E-state index contributed by atoms with van der Waals surface area (Å²) in [6.07, 6.45) is 1.84. The molecule has 4 nitrogen and oxygen atoms in total. The van der Waals surface area contributed by atoms with Gasteiger partial charge in [-0.15, -0.1) is 0 Å². The van der Waals surface area contributed by atoms with E-state index < -0.39 is 0 Å². The van der Waals surface area contributed by atoms with Crippen molar-refractivity contribution >= 4 is 17.4 Å². The van der Waals surface area contributed by atoms with Crippen molar-refractivity contribution in [3.05, 3.63) is 58.7 Å². The molecule has 4 heteroatoms. The molecule has 0 radical (unpaired) electrons. The zero-order valence-corrected chi connectivity index (χ0v) is 17.0. The molecule has 27 heavy (non-hydrogen) atoms. The summed E-state index contributed by atoms with van der Waals surface area (Å²) in [6.45, 7) is 11.8. The fourth-order valence-electron chi connectivity index (χ4n) is 4.03. The number of carbonyl (C=O) groups excluding carboxylic acids is 1. The number of hydrogen-bond acceptors (Lipinski definition) is 2. The average molecular weight is 366 g/mol. The van der Waals surface area contributed by atoms with Crippen molar-refractivity contribution in [2.45, 2.75) is 40.5 Å². The summed E-state index contributed by atoms with van der Waals surface area (Å²) >= 11 is 0. The first-order valence-corrected chi connectivity index (χ1v) is 10.0. The summed E-state index contributed by atoms with van der Waals surface area (Å²) in [5.74, 6) is 0. The first-order valence-electron chi connectivity index (χ1n) is 10.0. The van der Waals surface area contributed by atoms with Gasteiger partial charge in [0, 0.05) is 37.6 Å². The summed E-state index contributed by atoms with van der Waals surface area (Å²) in [7, 11) is 0. The molecule has 2 aromatic carbocycles. The van der Waals surface area contributed by atoms with Gasteiger partial charge in [0.05, 0.1) is 0 Å². The fraction of sp³-hybridized carbons (Fsp3) is 0.435. The number of piperazine rings is 1. The molecule has 0 unspecified atom stereocenters. The van der Waals surface area contributed by atoms with Crippen LogP contribution in [0.3, 0.4) is 0 Å². The third kappa shape index (κ3) is 4.10. The highest BCUT2D eigenvalue weighted by Crippen LogP contribution is 2.26. The summed E-state index contributed by atoms with van der Waals surface area (Å²) in [5, 5.41) is 3.20. The normalized spacial score (nSPS) is 14.4. The largest absolute Gasteiger partial charge is 0.368 e. The first-order chi connectivity index (χ1) is 13.0. The lowest BCUT2D eigenvalue weighted by molar-refractivity contribution is 0.208. The van der Waals surface area contributed by atoms with Gasteiger partial charge in [-0.1, -0.05) is 50.2 Å². The molecule has 0 aliphatic carbocycles. The van der Waals surface area contributed by atoms with Crippen molar-refractivity contribution in [2.24, 2.45) is 0 Å². The number of anilines is 2. The number of urea groups is 1. The fourth-order valence-corrected chi connectivity index (χ4v) is 4.03. The molecule has 1 heterocycles. The van der Waals surface area contributed by atoms with Crippen LogP contribution in [0.5, 0.6) is 0 Å². The van der Waals surface area contributed by atoms with E-state index in [1.165, 1.54) is 27.9 Å². The Kier molecular flexibility index (Phi) is 6.04. The Bertz CT molecular complexity index is 765. The van der Waals surface area contributed by atoms with Crippen LogP contribution in [-0.2, 0) is 12.8 Å². The number of hydrogen-bond donors (Lipinski definition) is 1. The summed E-state index contributed by atoms with van der Waals surface area (Å²) < 4.78 is 0. The number of benzene rings is 2. The highest BCUT2D eigenvalue weighted by molar-refractivity contribution is 5.91. The molecule has 3 rings (SSSR count). The summed E-state index contributed by atoms with van der Waals surface area (Å²) in [4.78, 5) is 17.2. The van der Waals surface area contributed by atoms with Gasteiger partial charge in [0.15, 0.2) is 0 Å². The Morgan fingerprint density at radius 3 is 1.93 bits per heavy atom. The lowest BCUT2D eigenvalue weighted by Gasteiger charge is -2.37. The van der Waals surface area contributed by atoms with E-state index in [2.05, 4.69) is 74.3 Å². The predicted octanol–water partition coefficient (Wildman–Crippen LogP) is 4.78. The molecule has 1 saturated heterocycles. The minimum Gasteiger partial charge on any atom is -0.368 e.